The van der Waals surface area contributed by atoms with Gasteiger partial charge in [-0.2, -0.15) is 17.6 Å². The Bertz CT molecular complexity index is 1490. The van der Waals surface area contributed by atoms with Gasteiger partial charge in [-0.25, -0.2) is 12.8 Å². The Hall–Kier alpha value is -3.30. The maximum Gasteiger partial charge on any atom is 0.283 e. The Kier molecular flexibility index (Phi) is 5.47. The number of halogens is 1. The van der Waals surface area contributed by atoms with Gasteiger partial charge in [0, 0.05) is 5.56 Å². The molecule has 3 aromatic carbocycles. The molecule has 0 unspecified atom stereocenters. The molecule has 1 aromatic heterocycles. The van der Waals surface area contributed by atoms with Gasteiger partial charge in [0.25, 0.3) is 10.0 Å². The molecule has 0 saturated heterocycles. The van der Waals surface area contributed by atoms with Crippen LogP contribution in [-0.4, -0.2) is 26.0 Å². The third-order valence-electron chi connectivity index (χ3n) is 4.96. The number of rotatable bonds is 5. The van der Waals surface area contributed by atoms with Crippen molar-refractivity contribution in [3.8, 4) is 11.3 Å². The summed E-state index contributed by atoms with van der Waals surface area (Å²) in [6, 6.07) is 18.9. The summed E-state index contributed by atoms with van der Waals surface area (Å²) in [5, 5.41) is 4.14. The summed E-state index contributed by atoms with van der Waals surface area (Å²) < 4.78 is 68.1. The molecule has 0 aliphatic carbocycles. The van der Waals surface area contributed by atoms with Gasteiger partial charge >= 0.3 is 0 Å². The van der Waals surface area contributed by atoms with E-state index in [-0.39, 0.29) is 26.1 Å². The van der Waals surface area contributed by atoms with Gasteiger partial charge in [-0.3, -0.25) is 0 Å². The molecule has 164 valence electrons. The summed E-state index contributed by atoms with van der Waals surface area (Å²) in [4.78, 5) is -0.425. The average Bonchev–Trinajstić information content (AvgIpc) is 3.14. The number of nitrogens with zero attached hydrogens (tertiary/aromatic N) is 2. The Morgan fingerprint density at radius 1 is 0.750 bits per heavy atom. The van der Waals surface area contributed by atoms with Crippen molar-refractivity contribution in [2.24, 2.45) is 0 Å². The first-order valence-corrected chi connectivity index (χ1v) is 12.5. The maximum atomic E-state index is 13.5. The van der Waals surface area contributed by atoms with Crippen LogP contribution < -0.4 is 0 Å². The van der Waals surface area contributed by atoms with Gasteiger partial charge in [-0.15, -0.1) is 0 Å². The van der Waals surface area contributed by atoms with Crippen LogP contribution in [0.25, 0.3) is 11.3 Å². The Morgan fingerprint density at radius 3 is 1.91 bits per heavy atom. The van der Waals surface area contributed by atoms with E-state index >= 15 is 0 Å². The molecule has 1 heterocycles. The minimum atomic E-state index is -4.21. The van der Waals surface area contributed by atoms with Gasteiger partial charge in [0.1, 0.15) is 16.4 Å². The molecule has 0 aliphatic heterocycles. The lowest BCUT2D eigenvalue weighted by Gasteiger charge is -2.12. The first-order chi connectivity index (χ1) is 15.1. The van der Waals surface area contributed by atoms with Gasteiger partial charge in [0.05, 0.1) is 15.5 Å². The molecule has 0 N–H and O–H groups in total. The molecule has 6 nitrogen and oxygen atoms in total. The number of aryl methyl sites for hydroxylation is 2. The van der Waals surface area contributed by atoms with E-state index in [0.29, 0.717) is 5.56 Å². The number of benzene rings is 3. The van der Waals surface area contributed by atoms with E-state index in [1.54, 1.807) is 42.5 Å². The molecule has 0 bridgehead atoms. The van der Waals surface area contributed by atoms with Crippen molar-refractivity contribution >= 4 is 19.9 Å². The lowest BCUT2D eigenvalue weighted by atomic mass is 10.1. The van der Waals surface area contributed by atoms with Crippen LogP contribution in [0.4, 0.5) is 4.39 Å². The molecule has 4 aromatic rings. The molecule has 0 aliphatic rings. The molecule has 4 rings (SSSR count). The van der Waals surface area contributed by atoms with Crippen LogP contribution >= 0.6 is 0 Å². The quantitative estimate of drug-likeness (QED) is 0.404. The lowest BCUT2D eigenvalue weighted by Crippen LogP contribution is -2.16. The monoisotopic (exact) mass is 470 g/mol. The highest BCUT2D eigenvalue weighted by Gasteiger charge is 2.34. The summed E-state index contributed by atoms with van der Waals surface area (Å²) in [6.07, 6.45) is 0. The Balaban J connectivity index is 2.04. The third kappa shape index (κ3) is 3.74. The van der Waals surface area contributed by atoms with Gasteiger partial charge < -0.3 is 0 Å². The number of hydrogen-bond donors (Lipinski definition) is 0. The van der Waals surface area contributed by atoms with E-state index in [2.05, 4.69) is 5.10 Å². The second kappa shape index (κ2) is 7.99. The summed E-state index contributed by atoms with van der Waals surface area (Å²) in [7, 11) is -8.41. The molecule has 0 saturated carbocycles. The van der Waals surface area contributed by atoms with E-state index in [0.717, 1.165) is 33.9 Å². The van der Waals surface area contributed by atoms with Crippen molar-refractivity contribution < 1.29 is 21.2 Å². The minimum Gasteiger partial charge on any atom is -0.218 e. The third-order valence-corrected chi connectivity index (χ3v) is 8.47. The second-order valence-corrected chi connectivity index (χ2v) is 10.9. The summed E-state index contributed by atoms with van der Waals surface area (Å²) >= 11 is 0. The van der Waals surface area contributed by atoms with Crippen LogP contribution in [0.15, 0.2) is 93.5 Å². The molecule has 9 heteroatoms. The molecular formula is C23H19FN2O4S2. The van der Waals surface area contributed by atoms with Crippen LogP contribution in [0.5, 0.6) is 0 Å². The highest BCUT2D eigenvalue weighted by Crippen LogP contribution is 2.36. The van der Waals surface area contributed by atoms with Gasteiger partial charge in [0.15, 0.2) is 0 Å². The molecule has 0 fully saturated rings. The minimum absolute atomic E-state index is 0.0175. The van der Waals surface area contributed by atoms with E-state index in [9.17, 15) is 21.2 Å². The van der Waals surface area contributed by atoms with E-state index in [1.165, 1.54) is 19.1 Å². The molecule has 0 atom stereocenters. The largest absolute Gasteiger partial charge is 0.283 e. The lowest BCUT2D eigenvalue weighted by molar-refractivity contribution is 0.580. The Labute approximate surface area is 185 Å². The zero-order chi connectivity index (χ0) is 23.1. The zero-order valence-electron chi connectivity index (χ0n) is 17.2. The van der Waals surface area contributed by atoms with Crippen molar-refractivity contribution in [3.63, 3.8) is 0 Å². The Morgan fingerprint density at radius 2 is 1.31 bits per heavy atom. The molecule has 0 radical (unpaired) electrons. The highest BCUT2D eigenvalue weighted by atomic mass is 32.2. The first kappa shape index (κ1) is 21.9. The summed E-state index contributed by atoms with van der Waals surface area (Å²) in [5.74, 6) is -0.582. The fourth-order valence-corrected chi connectivity index (χ4v) is 6.39. The number of hydrogen-bond acceptors (Lipinski definition) is 5. The summed E-state index contributed by atoms with van der Waals surface area (Å²) in [6.45, 7) is 3.27. The normalized spacial score (nSPS) is 12.1. The predicted molar refractivity (Wildman–Crippen MR) is 118 cm³/mol. The molecule has 0 spiro atoms. The van der Waals surface area contributed by atoms with Crippen molar-refractivity contribution in [3.05, 3.63) is 95.9 Å². The van der Waals surface area contributed by atoms with E-state index < -0.39 is 25.7 Å². The number of aromatic nitrogens is 2. The van der Waals surface area contributed by atoms with Crippen molar-refractivity contribution in [1.29, 1.82) is 0 Å². The van der Waals surface area contributed by atoms with Crippen molar-refractivity contribution in [1.82, 2.24) is 9.19 Å². The maximum absolute atomic E-state index is 13.5. The van der Waals surface area contributed by atoms with Crippen LogP contribution in [0.3, 0.4) is 0 Å². The van der Waals surface area contributed by atoms with Crippen LogP contribution in [0.2, 0.25) is 0 Å². The molecule has 32 heavy (non-hydrogen) atoms. The fraction of sp³-hybridized carbons (Fsp3) is 0.0870. The van der Waals surface area contributed by atoms with Crippen LogP contribution in [0.1, 0.15) is 11.3 Å². The fourth-order valence-electron chi connectivity index (χ4n) is 3.36. The SMILES string of the molecule is Cc1ccc(S(=O)(=O)n2nc(C)c(S(=O)(=O)c3ccc(F)cc3)c2-c2ccccc2)cc1. The first-order valence-electron chi connectivity index (χ1n) is 9.60. The van der Waals surface area contributed by atoms with Crippen LogP contribution in [0, 0.1) is 19.7 Å². The summed E-state index contributed by atoms with van der Waals surface area (Å²) in [5.41, 5.74) is 1.18. The predicted octanol–water partition coefficient (Wildman–Crippen LogP) is 4.38. The van der Waals surface area contributed by atoms with Gasteiger partial charge in [-0.1, -0.05) is 48.0 Å². The van der Waals surface area contributed by atoms with Crippen LogP contribution in [-0.2, 0) is 19.9 Å². The zero-order valence-corrected chi connectivity index (χ0v) is 18.9. The average molecular weight is 471 g/mol. The molecule has 0 amide bonds. The van der Waals surface area contributed by atoms with Gasteiger partial charge in [-0.05, 0) is 50.2 Å². The second-order valence-electron chi connectivity index (χ2n) is 7.25. The van der Waals surface area contributed by atoms with Gasteiger partial charge in [0.2, 0.25) is 9.84 Å². The topological polar surface area (TPSA) is 86.1 Å². The smallest absolute Gasteiger partial charge is 0.218 e. The molecular weight excluding hydrogens is 451 g/mol. The van der Waals surface area contributed by atoms with Crippen molar-refractivity contribution in [2.75, 3.05) is 0 Å². The number of sulfone groups is 1. The van der Waals surface area contributed by atoms with E-state index in [1.807, 2.05) is 6.92 Å². The highest BCUT2D eigenvalue weighted by molar-refractivity contribution is 7.92. The van der Waals surface area contributed by atoms with Crippen molar-refractivity contribution in [2.45, 2.75) is 28.5 Å². The standard InChI is InChI=1S/C23H19FN2O4S2/c1-16-8-12-21(13-9-16)32(29,30)26-22(18-6-4-3-5-7-18)23(17(2)25-26)31(27,28)20-14-10-19(24)11-15-20/h3-15H,1-2H3. The van der Waals surface area contributed by atoms with E-state index in [4.69, 9.17) is 0 Å².